The van der Waals surface area contributed by atoms with Gasteiger partial charge in [0.15, 0.2) is 0 Å². The minimum absolute atomic E-state index is 0.0727. The van der Waals surface area contributed by atoms with Gasteiger partial charge < -0.3 is 34.8 Å². The Balaban J connectivity index is 1.29. The summed E-state index contributed by atoms with van der Waals surface area (Å²) in [6.07, 6.45) is 3.11. The van der Waals surface area contributed by atoms with Crippen molar-refractivity contribution < 1.29 is 19.1 Å². The molecule has 246 valence electrons. The molecule has 5 rings (SSSR count). The molecule has 3 unspecified atom stereocenters. The van der Waals surface area contributed by atoms with Gasteiger partial charge in [-0.2, -0.15) is 0 Å². The summed E-state index contributed by atoms with van der Waals surface area (Å²) in [4.78, 5) is 36.6. The number of piperidine rings is 2. The van der Waals surface area contributed by atoms with Crippen LogP contribution >= 0.6 is 0 Å². The van der Waals surface area contributed by atoms with E-state index in [1.165, 1.54) is 11.3 Å². The molecule has 1 aromatic carbocycles. The monoisotopic (exact) mass is 612 g/mol. The molecule has 0 bridgehead atoms. The van der Waals surface area contributed by atoms with Gasteiger partial charge in [0.25, 0.3) is 0 Å². The maximum atomic E-state index is 12.8. The van der Waals surface area contributed by atoms with Crippen molar-refractivity contribution in [2.75, 3.05) is 64.3 Å². The highest BCUT2D eigenvalue weighted by Crippen LogP contribution is 2.47. The number of nitrogens with zero attached hydrogens (tertiary/aromatic N) is 5. The number of hydrogen-bond acceptors (Lipinski definition) is 8. The first-order valence-corrected chi connectivity index (χ1v) is 16.7. The number of hydrogen-bond donors (Lipinski definition) is 1. The van der Waals surface area contributed by atoms with E-state index in [0.29, 0.717) is 44.2 Å². The predicted molar refractivity (Wildman–Crippen MR) is 174 cm³/mol. The summed E-state index contributed by atoms with van der Waals surface area (Å²) in [5.41, 5.74) is 8.65. The number of amides is 2. The van der Waals surface area contributed by atoms with Crippen molar-refractivity contribution in [2.24, 2.45) is 11.7 Å². The van der Waals surface area contributed by atoms with Crippen LogP contribution in [-0.4, -0.2) is 121 Å². The highest BCUT2D eigenvalue weighted by molar-refractivity contribution is 5.68. The SMILES string of the molecule is CN1CCN(c2ccc(C3C(N)N(C4CCN(C(=O)OC(C)(C)C)CC4)C3C3CCN(C(=O)OC(C)(C)C)CC3)cc2)CC1. The van der Waals surface area contributed by atoms with Crippen LogP contribution < -0.4 is 10.6 Å². The second-order valence-corrected chi connectivity index (χ2v) is 15.3. The van der Waals surface area contributed by atoms with Gasteiger partial charge >= 0.3 is 12.2 Å². The van der Waals surface area contributed by atoms with Crippen LogP contribution in [0.25, 0.3) is 0 Å². The molecule has 4 aliphatic heterocycles. The Labute approximate surface area is 264 Å². The van der Waals surface area contributed by atoms with Gasteiger partial charge in [0.1, 0.15) is 11.2 Å². The summed E-state index contributed by atoms with van der Waals surface area (Å²) in [5.74, 6) is 0.665. The fourth-order valence-corrected chi connectivity index (χ4v) is 7.48. The quantitative estimate of drug-likeness (QED) is 0.530. The van der Waals surface area contributed by atoms with E-state index in [2.05, 4.69) is 46.0 Å². The molecular weight excluding hydrogens is 556 g/mol. The average Bonchev–Trinajstić information content (AvgIpc) is 2.95. The normalized spacial score (nSPS) is 26.8. The van der Waals surface area contributed by atoms with Crippen molar-refractivity contribution in [2.45, 2.75) is 103 Å². The molecule has 4 fully saturated rings. The largest absolute Gasteiger partial charge is 0.444 e. The van der Waals surface area contributed by atoms with Crippen molar-refractivity contribution >= 4 is 17.9 Å². The molecule has 2 N–H and O–H groups in total. The summed E-state index contributed by atoms with van der Waals surface area (Å²) in [7, 11) is 2.18. The zero-order valence-electron chi connectivity index (χ0n) is 28.1. The molecular formula is C34H56N6O4. The van der Waals surface area contributed by atoms with E-state index in [1.54, 1.807) is 0 Å². The van der Waals surface area contributed by atoms with Crippen LogP contribution in [0.15, 0.2) is 24.3 Å². The average molecular weight is 613 g/mol. The molecule has 0 radical (unpaired) electrons. The zero-order valence-corrected chi connectivity index (χ0v) is 28.1. The Morgan fingerprint density at radius 3 is 1.68 bits per heavy atom. The van der Waals surface area contributed by atoms with Gasteiger partial charge in [-0.1, -0.05) is 12.1 Å². The van der Waals surface area contributed by atoms with Crippen LogP contribution in [0.1, 0.15) is 78.7 Å². The first-order valence-electron chi connectivity index (χ1n) is 16.7. The first-order chi connectivity index (χ1) is 20.7. The van der Waals surface area contributed by atoms with Crippen LogP contribution in [-0.2, 0) is 9.47 Å². The van der Waals surface area contributed by atoms with Crippen molar-refractivity contribution in [1.29, 1.82) is 0 Å². The van der Waals surface area contributed by atoms with Gasteiger partial charge in [0.2, 0.25) is 0 Å². The Morgan fingerprint density at radius 1 is 0.727 bits per heavy atom. The molecule has 0 aliphatic carbocycles. The molecule has 10 nitrogen and oxygen atoms in total. The van der Waals surface area contributed by atoms with E-state index in [0.717, 1.165) is 51.9 Å². The summed E-state index contributed by atoms with van der Waals surface area (Å²) < 4.78 is 11.3. The molecule has 44 heavy (non-hydrogen) atoms. The third-order valence-corrected chi connectivity index (χ3v) is 9.78. The second-order valence-electron chi connectivity index (χ2n) is 15.3. The maximum absolute atomic E-state index is 12.8. The third kappa shape index (κ3) is 7.62. The number of carbonyl (C=O) groups is 2. The lowest BCUT2D eigenvalue weighted by atomic mass is 9.69. The van der Waals surface area contributed by atoms with Crippen LogP contribution in [0.5, 0.6) is 0 Å². The van der Waals surface area contributed by atoms with Crippen molar-refractivity contribution in [1.82, 2.24) is 19.6 Å². The minimum Gasteiger partial charge on any atom is -0.444 e. The van der Waals surface area contributed by atoms with Gasteiger partial charge in [0, 0.05) is 76.0 Å². The summed E-state index contributed by atoms with van der Waals surface area (Å²) in [6.45, 7) is 18.5. The molecule has 4 saturated heterocycles. The number of carbonyl (C=O) groups excluding carboxylic acids is 2. The topological polar surface area (TPSA) is 94.8 Å². The Bertz CT molecular complexity index is 1120. The fraction of sp³-hybridized carbons (Fsp3) is 0.765. The molecule has 10 heteroatoms. The number of piperazine rings is 1. The predicted octanol–water partition coefficient (Wildman–Crippen LogP) is 4.54. The fourth-order valence-electron chi connectivity index (χ4n) is 7.48. The summed E-state index contributed by atoms with van der Waals surface area (Å²) >= 11 is 0. The lowest BCUT2D eigenvalue weighted by Crippen LogP contribution is -2.72. The highest BCUT2D eigenvalue weighted by Gasteiger charge is 2.54. The molecule has 4 heterocycles. The zero-order chi connectivity index (χ0) is 31.8. The second kappa shape index (κ2) is 13.0. The van der Waals surface area contributed by atoms with E-state index in [9.17, 15) is 9.59 Å². The molecule has 1 aromatic rings. The molecule has 0 saturated carbocycles. The third-order valence-electron chi connectivity index (χ3n) is 9.78. The number of likely N-dealkylation sites (tertiary alicyclic amines) is 3. The van der Waals surface area contributed by atoms with Crippen molar-refractivity contribution in [3.63, 3.8) is 0 Å². The van der Waals surface area contributed by atoms with E-state index in [4.69, 9.17) is 15.2 Å². The van der Waals surface area contributed by atoms with Gasteiger partial charge in [-0.15, -0.1) is 0 Å². The summed E-state index contributed by atoms with van der Waals surface area (Å²) in [6, 6.07) is 9.76. The molecule has 4 aliphatic rings. The summed E-state index contributed by atoms with van der Waals surface area (Å²) in [5, 5.41) is 0. The van der Waals surface area contributed by atoms with Gasteiger partial charge in [-0.05, 0) is 97.9 Å². The minimum atomic E-state index is -0.500. The van der Waals surface area contributed by atoms with Crippen molar-refractivity contribution in [3.05, 3.63) is 29.8 Å². The molecule has 0 spiro atoms. The number of ether oxygens (including phenoxy) is 2. The Hall–Kier alpha value is -2.56. The Kier molecular flexibility index (Phi) is 9.73. The smallest absolute Gasteiger partial charge is 0.410 e. The number of benzene rings is 1. The highest BCUT2D eigenvalue weighted by atomic mass is 16.6. The number of anilines is 1. The van der Waals surface area contributed by atoms with E-state index in [-0.39, 0.29) is 24.3 Å². The standard InChI is InChI=1S/C34H56N6O4/c1-33(2,3)43-31(41)38-16-12-25(13-17-38)29-28(24-8-10-26(11-9-24)37-22-20-36(7)21-23-37)30(35)40(29)27-14-18-39(19-15-27)32(42)44-34(4,5)6/h8-11,25,27-30H,12-23,35H2,1-7H3. The lowest BCUT2D eigenvalue weighted by Gasteiger charge is -2.61. The van der Waals surface area contributed by atoms with Gasteiger partial charge in [0.05, 0.1) is 6.17 Å². The van der Waals surface area contributed by atoms with Gasteiger partial charge in [-0.25, -0.2) is 9.59 Å². The van der Waals surface area contributed by atoms with E-state index < -0.39 is 11.2 Å². The van der Waals surface area contributed by atoms with Crippen molar-refractivity contribution in [3.8, 4) is 0 Å². The molecule has 2 amide bonds. The maximum Gasteiger partial charge on any atom is 0.410 e. The first kappa shape index (κ1) is 32.8. The Morgan fingerprint density at radius 2 is 1.20 bits per heavy atom. The number of rotatable bonds is 4. The van der Waals surface area contributed by atoms with E-state index in [1.807, 2.05) is 51.3 Å². The lowest BCUT2D eigenvalue weighted by molar-refractivity contribution is -0.100. The molecule has 3 atom stereocenters. The van der Waals surface area contributed by atoms with Gasteiger partial charge in [-0.3, -0.25) is 4.90 Å². The van der Waals surface area contributed by atoms with Crippen LogP contribution in [0.3, 0.4) is 0 Å². The van der Waals surface area contributed by atoms with Crippen LogP contribution in [0, 0.1) is 5.92 Å². The van der Waals surface area contributed by atoms with Crippen LogP contribution in [0.2, 0.25) is 0 Å². The number of nitrogens with two attached hydrogens (primary N) is 1. The number of likely N-dealkylation sites (N-methyl/N-ethyl adjacent to an activating group) is 1. The van der Waals surface area contributed by atoms with E-state index >= 15 is 0 Å². The van der Waals surface area contributed by atoms with Crippen LogP contribution in [0.4, 0.5) is 15.3 Å². The molecule has 0 aromatic heterocycles.